The average Bonchev–Trinajstić information content (AvgIpc) is 3.43. The van der Waals surface area contributed by atoms with Crippen molar-refractivity contribution in [2.24, 2.45) is 11.8 Å². The normalized spacial score (nSPS) is 30.8. The van der Waals surface area contributed by atoms with Crippen LogP contribution in [0.25, 0.3) is 0 Å². The number of allylic oxidation sites excluding steroid dienone is 1. The SMILES string of the molecule is C=CCCCOC(=O)[C@@H]1[C@H]2C(=O)N(CCCCCO)C(C(=O)N(CC=C)C(C)CCC)C23CC[C@@]1(C)S3. The van der Waals surface area contributed by atoms with Crippen LogP contribution >= 0.6 is 11.8 Å². The molecular formula is C29H46N2O5S. The Bertz CT molecular complexity index is 865. The van der Waals surface area contributed by atoms with Gasteiger partial charge in [0.25, 0.3) is 0 Å². The molecule has 0 aromatic rings. The molecule has 2 bridgehead atoms. The summed E-state index contributed by atoms with van der Waals surface area (Å²) in [6, 6.07) is -0.578. The maximum absolute atomic E-state index is 14.4. The van der Waals surface area contributed by atoms with E-state index in [0.717, 1.165) is 38.5 Å². The summed E-state index contributed by atoms with van der Waals surface area (Å²) in [6.07, 6.45) is 10.5. The van der Waals surface area contributed by atoms with Gasteiger partial charge in [-0.25, -0.2) is 0 Å². The first kappa shape index (κ1) is 29.8. The van der Waals surface area contributed by atoms with Crippen molar-refractivity contribution >= 4 is 29.5 Å². The van der Waals surface area contributed by atoms with E-state index < -0.39 is 27.4 Å². The van der Waals surface area contributed by atoms with Crippen LogP contribution in [0.5, 0.6) is 0 Å². The second-order valence-electron chi connectivity index (χ2n) is 11.1. The lowest BCUT2D eigenvalue weighted by Crippen LogP contribution is -2.56. The van der Waals surface area contributed by atoms with Crippen molar-refractivity contribution in [1.29, 1.82) is 0 Å². The van der Waals surface area contributed by atoms with Gasteiger partial charge in [0, 0.05) is 30.5 Å². The number of thioether (sulfide) groups is 1. The largest absolute Gasteiger partial charge is 0.465 e. The summed E-state index contributed by atoms with van der Waals surface area (Å²) in [5.74, 6) is -1.54. The molecule has 6 atom stereocenters. The number of amides is 2. The Hall–Kier alpha value is -1.80. The number of nitrogens with zero attached hydrogens (tertiary/aromatic N) is 2. The number of hydrogen-bond donors (Lipinski definition) is 1. The van der Waals surface area contributed by atoms with Gasteiger partial charge in [-0.3, -0.25) is 14.4 Å². The maximum atomic E-state index is 14.4. The second kappa shape index (κ2) is 12.8. The molecule has 3 heterocycles. The van der Waals surface area contributed by atoms with Crippen LogP contribution in [-0.4, -0.2) is 80.6 Å². The molecular weight excluding hydrogens is 488 g/mol. The molecule has 3 aliphatic rings. The molecule has 1 N–H and O–H groups in total. The number of ether oxygens (including phenoxy) is 1. The molecule has 208 valence electrons. The number of rotatable bonds is 16. The van der Waals surface area contributed by atoms with Gasteiger partial charge in [0.1, 0.15) is 6.04 Å². The summed E-state index contributed by atoms with van der Waals surface area (Å²) in [5.41, 5.74) is 0. The van der Waals surface area contributed by atoms with Crippen LogP contribution in [0.1, 0.15) is 78.6 Å². The first-order chi connectivity index (χ1) is 17.7. The van der Waals surface area contributed by atoms with E-state index in [1.807, 2.05) is 4.90 Å². The third kappa shape index (κ3) is 5.65. The quantitative estimate of drug-likeness (QED) is 0.180. The lowest BCUT2D eigenvalue weighted by Gasteiger charge is -2.39. The first-order valence-electron chi connectivity index (χ1n) is 14.0. The first-order valence-corrected chi connectivity index (χ1v) is 14.8. The summed E-state index contributed by atoms with van der Waals surface area (Å²) in [6.45, 7) is 15.2. The smallest absolute Gasteiger partial charge is 0.311 e. The zero-order valence-electron chi connectivity index (χ0n) is 23.0. The summed E-state index contributed by atoms with van der Waals surface area (Å²) in [5, 5.41) is 9.23. The predicted molar refractivity (Wildman–Crippen MR) is 148 cm³/mol. The van der Waals surface area contributed by atoms with E-state index in [1.165, 1.54) is 0 Å². The van der Waals surface area contributed by atoms with Gasteiger partial charge in [0.05, 0.1) is 23.2 Å². The van der Waals surface area contributed by atoms with Crippen molar-refractivity contribution in [3.63, 3.8) is 0 Å². The summed E-state index contributed by atoms with van der Waals surface area (Å²) < 4.78 is 4.64. The highest BCUT2D eigenvalue weighted by Crippen LogP contribution is 2.71. The van der Waals surface area contributed by atoms with Crippen molar-refractivity contribution in [2.75, 3.05) is 26.3 Å². The monoisotopic (exact) mass is 534 g/mol. The van der Waals surface area contributed by atoms with Crippen LogP contribution in [0.3, 0.4) is 0 Å². The van der Waals surface area contributed by atoms with E-state index in [2.05, 4.69) is 33.9 Å². The minimum Gasteiger partial charge on any atom is -0.465 e. The van der Waals surface area contributed by atoms with Crippen LogP contribution in [0.15, 0.2) is 25.3 Å². The summed E-state index contributed by atoms with van der Waals surface area (Å²) in [4.78, 5) is 45.5. The highest BCUT2D eigenvalue weighted by Gasteiger charge is 2.77. The molecule has 1 spiro atoms. The lowest BCUT2D eigenvalue weighted by atomic mass is 9.66. The van der Waals surface area contributed by atoms with Crippen LogP contribution in [0.2, 0.25) is 0 Å². The Balaban J connectivity index is 1.96. The molecule has 0 aromatic carbocycles. The van der Waals surface area contributed by atoms with Crippen LogP contribution < -0.4 is 0 Å². The zero-order valence-corrected chi connectivity index (χ0v) is 23.8. The number of unbranched alkanes of at least 4 members (excludes halogenated alkanes) is 3. The van der Waals surface area contributed by atoms with Gasteiger partial charge in [-0.05, 0) is 65.2 Å². The van der Waals surface area contributed by atoms with E-state index >= 15 is 0 Å². The Labute approximate surface area is 227 Å². The summed E-state index contributed by atoms with van der Waals surface area (Å²) >= 11 is 1.69. The van der Waals surface area contributed by atoms with Crippen LogP contribution in [0.4, 0.5) is 0 Å². The van der Waals surface area contributed by atoms with E-state index in [0.29, 0.717) is 39.0 Å². The third-order valence-electron chi connectivity index (χ3n) is 8.47. The van der Waals surface area contributed by atoms with Crippen molar-refractivity contribution in [2.45, 2.75) is 100 Å². The van der Waals surface area contributed by atoms with Gasteiger partial charge < -0.3 is 19.6 Å². The molecule has 0 aromatic heterocycles. The van der Waals surface area contributed by atoms with Crippen molar-refractivity contribution in [3.05, 3.63) is 25.3 Å². The van der Waals surface area contributed by atoms with Crippen LogP contribution in [0, 0.1) is 11.8 Å². The summed E-state index contributed by atoms with van der Waals surface area (Å²) in [7, 11) is 0. The Morgan fingerprint density at radius 3 is 2.65 bits per heavy atom. The number of aliphatic hydroxyl groups is 1. The Morgan fingerprint density at radius 1 is 1.24 bits per heavy atom. The number of carbonyl (C=O) groups is 3. The van der Waals surface area contributed by atoms with Crippen molar-refractivity contribution in [1.82, 2.24) is 9.80 Å². The molecule has 8 heteroatoms. The zero-order chi connectivity index (χ0) is 27.2. The standard InChI is InChI=1S/C29H46N2O5S/c1-6-9-13-20-36-27(35)23-22-25(33)31(18-11-10-12-19-32)24(29(22)16-15-28(23,5)37-29)26(34)30(17-8-3)21(4)14-7-2/h6,8,21-24,32H,1,3,7,9-20H2,2,4-5H3/t21?,22-,23-,24?,28+,29?/m0/s1. The fraction of sp³-hybridized carbons (Fsp3) is 0.759. The molecule has 0 radical (unpaired) electrons. The molecule has 3 unspecified atom stereocenters. The molecule has 7 nitrogen and oxygen atoms in total. The number of likely N-dealkylation sites (tertiary alicyclic amines) is 1. The fourth-order valence-electron chi connectivity index (χ4n) is 6.72. The van der Waals surface area contributed by atoms with Gasteiger partial charge in [0.2, 0.25) is 11.8 Å². The fourth-order valence-corrected chi connectivity index (χ4v) is 9.06. The number of carbonyl (C=O) groups excluding carboxylic acids is 3. The molecule has 0 saturated carbocycles. The second-order valence-corrected chi connectivity index (χ2v) is 13.0. The Kier molecular flexibility index (Phi) is 10.3. The van der Waals surface area contributed by atoms with Gasteiger partial charge in [0.15, 0.2) is 0 Å². The molecule has 0 aliphatic carbocycles. The van der Waals surface area contributed by atoms with Crippen LogP contribution in [-0.2, 0) is 19.1 Å². The predicted octanol–water partition coefficient (Wildman–Crippen LogP) is 4.34. The average molecular weight is 535 g/mol. The third-order valence-corrected chi connectivity index (χ3v) is 10.5. The lowest BCUT2D eigenvalue weighted by molar-refractivity contribution is -0.155. The molecule has 3 saturated heterocycles. The molecule has 3 fully saturated rings. The van der Waals surface area contributed by atoms with Gasteiger partial charge >= 0.3 is 5.97 Å². The highest BCUT2D eigenvalue weighted by atomic mass is 32.2. The van der Waals surface area contributed by atoms with E-state index in [9.17, 15) is 19.5 Å². The molecule has 37 heavy (non-hydrogen) atoms. The highest BCUT2D eigenvalue weighted by molar-refractivity contribution is 8.02. The maximum Gasteiger partial charge on any atom is 0.311 e. The molecule has 3 rings (SSSR count). The van der Waals surface area contributed by atoms with E-state index in [-0.39, 0.29) is 30.4 Å². The molecule has 3 aliphatic heterocycles. The Morgan fingerprint density at radius 2 is 2.00 bits per heavy atom. The van der Waals surface area contributed by atoms with E-state index in [4.69, 9.17) is 4.74 Å². The van der Waals surface area contributed by atoms with Gasteiger partial charge in [-0.2, -0.15) is 0 Å². The molecule has 2 amide bonds. The van der Waals surface area contributed by atoms with Crippen molar-refractivity contribution < 1.29 is 24.2 Å². The topological polar surface area (TPSA) is 87.1 Å². The van der Waals surface area contributed by atoms with Gasteiger partial charge in [-0.15, -0.1) is 24.9 Å². The minimum absolute atomic E-state index is 0.0297. The number of hydrogen-bond acceptors (Lipinski definition) is 6. The number of fused-ring (bicyclic) bond motifs is 1. The van der Waals surface area contributed by atoms with E-state index in [1.54, 1.807) is 28.8 Å². The van der Waals surface area contributed by atoms with Gasteiger partial charge in [-0.1, -0.05) is 25.5 Å². The number of esters is 1. The van der Waals surface area contributed by atoms with Crippen molar-refractivity contribution in [3.8, 4) is 0 Å². The minimum atomic E-state index is -0.629. The number of aliphatic hydroxyl groups excluding tert-OH is 1.